The molecule has 1 atom stereocenters. The largest absolute Gasteiger partial charge is 0.377 e. The van der Waals surface area contributed by atoms with E-state index in [0.717, 1.165) is 19.5 Å². The van der Waals surface area contributed by atoms with Crippen molar-refractivity contribution in [2.75, 3.05) is 26.8 Å². The number of aliphatic imine (C=N–C) groups is 1. The van der Waals surface area contributed by atoms with E-state index in [1.54, 1.807) is 0 Å². The van der Waals surface area contributed by atoms with Crippen molar-refractivity contribution in [1.29, 1.82) is 0 Å². The second-order valence-corrected chi connectivity index (χ2v) is 5.40. The third kappa shape index (κ3) is 6.34. The van der Waals surface area contributed by atoms with Gasteiger partial charge in [-0.15, -0.1) is 0 Å². The average molecular weight is 294 g/mol. The molecule has 0 saturated heterocycles. The minimum Gasteiger partial charge on any atom is -0.377 e. The molecule has 0 aromatic heterocycles. The van der Waals surface area contributed by atoms with Crippen LogP contribution in [0.25, 0.3) is 0 Å². The van der Waals surface area contributed by atoms with Crippen LogP contribution in [0.4, 0.5) is 0 Å². The maximum atomic E-state index is 4.19. The van der Waals surface area contributed by atoms with E-state index < -0.39 is 0 Å². The van der Waals surface area contributed by atoms with E-state index in [9.17, 15) is 0 Å². The number of hydrazine groups is 1. The first-order valence-corrected chi connectivity index (χ1v) is 7.65. The molecule has 0 fully saturated rings. The SMILES string of the molecule is C.C/C=C\C(C)=C(\CC)N(C)CC(CC)CN1C=NCN1. The van der Waals surface area contributed by atoms with Crippen molar-refractivity contribution < 1.29 is 0 Å². The second-order valence-electron chi connectivity index (χ2n) is 5.40. The van der Waals surface area contributed by atoms with E-state index in [-0.39, 0.29) is 7.43 Å². The Kier molecular flexibility index (Phi) is 9.80. The topological polar surface area (TPSA) is 30.9 Å². The fourth-order valence-electron chi connectivity index (χ4n) is 2.71. The summed E-state index contributed by atoms with van der Waals surface area (Å²) in [5, 5.41) is 2.11. The van der Waals surface area contributed by atoms with Crippen molar-refractivity contribution in [1.82, 2.24) is 15.3 Å². The lowest BCUT2D eigenvalue weighted by Crippen LogP contribution is -2.39. The monoisotopic (exact) mass is 294 g/mol. The maximum Gasteiger partial charge on any atom is 0.107 e. The summed E-state index contributed by atoms with van der Waals surface area (Å²) in [5.41, 5.74) is 6.05. The summed E-state index contributed by atoms with van der Waals surface area (Å²) >= 11 is 0. The summed E-state index contributed by atoms with van der Waals surface area (Å²) in [7, 11) is 2.21. The van der Waals surface area contributed by atoms with Gasteiger partial charge >= 0.3 is 0 Å². The van der Waals surface area contributed by atoms with Gasteiger partial charge in [-0.1, -0.05) is 33.4 Å². The zero-order valence-electron chi connectivity index (χ0n) is 13.7. The molecule has 1 unspecified atom stereocenters. The molecule has 1 aliphatic rings. The van der Waals surface area contributed by atoms with Gasteiger partial charge in [0.1, 0.15) is 13.0 Å². The van der Waals surface area contributed by atoms with Gasteiger partial charge in [-0.05, 0) is 38.2 Å². The highest BCUT2D eigenvalue weighted by atomic mass is 15.6. The van der Waals surface area contributed by atoms with E-state index in [4.69, 9.17) is 0 Å². The Hall–Kier alpha value is -1.29. The van der Waals surface area contributed by atoms with E-state index in [1.807, 2.05) is 6.34 Å². The number of hydrogen-bond acceptors (Lipinski definition) is 4. The summed E-state index contributed by atoms with van der Waals surface area (Å²) in [4.78, 5) is 6.61. The van der Waals surface area contributed by atoms with Gasteiger partial charge in [-0.2, -0.15) is 0 Å². The van der Waals surface area contributed by atoms with Crippen LogP contribution >= 0.6 is 0 Å². The molecule has 122 valence electrons. The fraction of sp³-hybridized carbons (Fsp3) is 0.706. The molecular weight excluding hydrogens is 260 g/mol. The van der Waals surface area contributed by atoms with Gasteiger partial charge in [-0.3, -0.25) is 10.0 Å². The highest BCUT2D eigenvalue weighted by molar-refractivity contribution is 5.55. The summed E-state index contributed by atoms with van der Waals surface area (Å²) in [6.45, 7) is 11.6. The van der Waals surface area contributed by atoms with Crippen molar-refractivity contribution in [3.8, 4) is 0 Å². The van der Waals surface area contributed by atoms with Crippen LogP contribution in [0.1, 0.15) is 48.0 Å². The first-order chi connectivity index (χ1) is 9.62. The third-order valence-electron chi connectivity index (χ3n) is 3.82. The van der Waals surface area contributed by atoms with Gasteiger partial charge in [-0.25, -0.2) is 5.43 Å². The first-order valence-electron chi connectivity index (χ1n) is 7.65. The predicted molar refractivity (Wildman–Crippen MR) is 94.1 cm³/mol. The lowest BCUT2D eigenvalue weighted by molar-refractivity contribution is 0.238. The highest BCUT2D eigenvalue weighted by Crippen LogP contribution is 2.17. The summed E-state index contributed by atoms with van der Waals surface area (Å²) in [6.07, 6.45) is 8.47. The van der Waals surface area contributed by atoms with Crippen molar-refractivity contribution >= 4 is 6.34 Å². The number of hydrogen-bond donors (Lipinski definition) is 1. The van der Waals surface area contributed by atoms with Crippen molar-refractivity contribution in [2.45, 2.75) is 48.0 Å². The number of nitrogens with one attached hydrogen (secondary N) is 1. The van der Waals surface area contributed by atoms with Gasteiger partial charge in [0, 0.05) is 25.8 Å². The van der Waals surface area contributed by atoms with Gasteiger partial charge in [0.15, 0.2) is 0 Å². The number of rotatable bonds is 8. The Morgan fingerprint density at radius 2 is 2.19 bits per heavy atom. The second kappa shape index (κ2) is 10.4. The Morgan fingerprint density at radius 3 is 2.67 bits per heavy atom. The number of nitrogens with zero attached hydrogens (tertiary/aromatic N) is 3. The zero-order valence-corrected chi connectivity index (χ0v) is 13.7. The van der Waals surface area contributed by atoms with E-state index in [1.165, 1.54) is 17.7 Å². The molecule has 4 nitrogen and oxygen atoms in total. The average Bonchev–Trinajstić information content (AvgIpc) is 2.92. The molecule has 0 radical (unpaired) electrons. The summed E-state index contributed by atoms with van der Waals surface area (Å²) < 4.78 is 0. The first kappa shape index (κ1) is 19.7. The van der Waals surface area contributed by atoms with Crippen LogP contribution in [0.5, 0.6) is 0 Å². The Labute approximate surface area is 131 Å². The fourth-order valence-corrected chi connectivity index (χ4v) is 2.71. The lowest BCUT2D eigenvalue weighted by Gasteiger charge is -2.30. The number of allylic oxidation sites excluding steroid dienone is 4. The standard InChI is InChI=1S/C16H30N4.CH4/c1-6-9-14(4)16(8-3)19(5)10-15(7-2)11-20-13-17-12-18-20;/h6,9,13,15,18H,7-8,10-12H2,1-5H3;1H4/b9-6-,16-14-;. The molecule has 0 aromatic carbocycles. The van der Waals surface area contributed by atoms with E-state index in [0.29, 0.717) is 12.6 Å². The molecule has 1 heterocycles. The third-order valence-corrected chi connectivity index (χ3v) is 3.82. The molecule has 1 aliphatic heterocycles. The van der Waals surface area contributed by atoms with Crippen molar-refractivity contribution in [2.24, 2.45) is 10.9 Å². The Bertz CT molecular complexity index is 371. The van der Waals surface area contributed by atoms with Gasteiger partial charge in [0.25, 0.3) is 0 Å². The van der Waals surface area contributed by atoms with E-state index in [2.05, 4.69) is 67.2 Å². The lowest BCUT2D eigenvalue weighted by atomic mass is 10.0. The van der Waals surface area contributed by atoms with Crippen LogP contribution in [0, 0.1) is 5.92 Å². The van der Waals surface area contributed by atoms with Crippen LogP contribution in [0.15, 0.2) is 28.4 Å². The Morgan fingerprint density at radius 1 is 1.48 bits per heavy atom. The molecule has 4 heteroatoms. The van der Waals surface area contributed by atoms with Gasteiger partial charge in [0.2, 0.25) is 0 Å². The molecule has 0 saturated carbocycles. The molecule has 0 bridgehead atoms. The zero-order chi connectivity index (χ0) is 15.0. The van der Waals surface area contributed by atoms with Crippen molar-refractivity contribution in [3.05, 3.63) is 23.4 Å². The minimum absolute atomic E-state index is 0. The quantitative estimate of drug-likeness (QED) is 0.693. The Balaban J connectivity index is 0.00000400. The van der Waals surface area contributed by atoms with E-state index >= 15 is 0 Å². The summed E-state index contributed by atoms with van der Waals surface area (Å²) in [5.74, 6) is 0.636. The molecule has 1 rings (SSSR count). The molecule has 0 aliphatic carbocycles. The van der Waals surface area contributed by atoms with Gasteiger partial charge in [0.05, 0.1) is 0 Å². The van der Waals surface area contributed by atoms with Gasteiger partial charge < -0.3 is 4.90 Å². The molecule has 0 aromatic rings. The van der Waals surface area contributed by atoms with Crippen LogP contribution in [-0.4, -0.2) is 43.1 Å². The molecule has 0 spiro atoms. The molecule has 21 heavy (non-hydrogen) atoms. The molecular formula is C17H34N4. The van der Waals surface area contributed by atoms with Crippen LogP contribution in [0.3, 0.4) is 0 Å². The normalized spacial score (nSPS) is 16.9. The minimum atomic E-state index is 0. The summed E-state index contributed by atoms with van der Waals surface area (Å²) in [6, 6.07) is 0. The van der Waals surface area contributed by atoms with Crippen LogP contribution < -0.4 is 5.43 Å². The smallest absolute Gasteiger partial charge is 0.107 e. The highest BCUT2D eigenvalue weighted by Gasteiger charge is 2.16. The molecule has 0 amide bonds. The van der Waals surface area contributed by atoms with Crippen molar-refractivity contribution in [3.63, 3.8) is 0 Å². The predicted octanol–water partition coefficient (Wildman–Crippen LogP) is 3.65. The van der Waals surface area contributed by atoms with Crippen LogP contribution in [-0.2, 0) is 0 Å². The molecule has 1 N–H and O–H groups in total. The maximum absolute atomic E-state index is 4.19. The van der Waals surface area contributed by atoms with Crippen LogP contribution in [0.2, 0.25) is 0 Å².